The van der Waals surface area contributed by atoms with Crippen LogP contribution >= 0.6 is 0 Å². The molecule has 0 saturated carbocycles. The fourth-order valence-corrected chi connectivity index (χ4v) is 2.36. The minimum atomic E-state index is -4.42. The van der Waals surface area contributed by atoms with Gasteiger partial charge in [0.15, 0.2) is 11.5 Å². The van der Waals surface area contributed by atoms with Crippen molar-refractivity contribution in [3.63, 3.8) is 0 Å². The summed E-state index contributed by atoms with van der Waals surface area (Å²) < 4.78 is 46.2. The van der Waals surface area contributed by atoms with E-state index in [1.807, 2.05) is 0 Å². The van der Waals surface area contributed by atoms with E-state index in [4.69, 9.17) is 18.4 Å². The fraction of sp³-hybridized carbons (Fsp3) is 0.143. The number of hydrogen-bond donors (Lipinski definition) is 2. The van der Waals surface area contributed by atoms with E-state index in [0.29, 0.717) is 11.5 Å². The first-order valence-electron chi connectivity index (χ1n) is 6.72. The number of carbonyl (C=O) groups excluding carboxylic acids is 1. The Hall–Kier alpha value is -2.85. The summed E-state index contributed by atoms with van der Waals surface area (Å²) >= 11 is 0. The van der Waals surface area contributed by atoms with Crippen LogP contribution in [0.5, 0.6) is 11.5 Å². The first-order valence-corrected chi connectivity index (χ1v) is 8.16. The van der Waals surface area contributed by atoms with Gasteiger partial charge in [0.25, 0.3) is 5.91 Å². The summed E-state index contributed by atoms with van der Waals surface area (Å²) in [6.07, 6.45) is 0.214. The Balaban J connectivity index is 1.59. The van der Waals surface area contributed by atoms with Gasteiger partial charge < -0.3 is 13.9 Å². The number of rotatable bonds is 4. The van der Waals surface area contributed by atoms with Crippen molar-refractivity contribution < 1.29 is 31.7 Å². The molecule has 0 aliphatic carbocycles. The van der Waals surface area contributed by atoms with Gasteiger partial charge in [-0.3, -0.25) is 9.35 Å². The van der Waals surface area contributed by atoms with E-state index in [1.54, 1.807) is 24.3 Å². The SMILES string of the molecule is O=C(N/N=C/c1ccc(S(=O)(=O)O)o1)[C@@H]1COc2ccccc2O1. The van der Waals surface area contributed by atoms with E-state index < -0.39 is 27.2 Å². The van der Waals surface area contributed by atoms with Crippen LogP contribution in [-0.2, 0) is 14.9 Å². The number of hydrogen-bond acceptors (Lipinski definition) is 7. The number of carbonyl (C=O) groups is 1. The average molecular weight is 352 g/mol. The Morgan fingerprint density at radius 1 is 1.25 bits per heavy atom. The van der Waals surface area contributed by atoms with E-state index in [0.717, 1.165) is 12.3 Å². The summed E-state index contributed by atoms with van der Waals surface area (Å²) in [7, 11) is -4.42. The number of nitrogens with zero attached hydrogens (tertiary/aromatic N) is 1. The molecule has 1 amide bonds. The number of amides is 1. The van der Waals surface area contributed by atoms with Crippen molar-refractivity contribution in [3.8, 4) is 11.5 Å². The highest BCUT2D eigenvalue weighted by molar-refractivity contribution is 7.85. The van der Waals surface area contributed by atoms with Crippen LogP contribution in [0.3, 0.4) is 0 Å². The lowest BCUT2D eigenvalue weighted by Crippen LogP contribution is -2.42. The highest BCUT2D eigenvalue weighted by Gasteiger charge is 2.27. The molecule has 0 spiro atoms. The summed E-state index contributed by atoms with van der Waals surface area (Å²) in [6, 6.07) is 9.28. The highest BCUT2D eigenvalue weighted by atomic mass is 32.2. The Kier molecular flexibility index (Phi) is 4.23. The zero-order chi connectivity index (χ0) is 17.2. The second-order valence-corrected chi connectivity index (χ2v) is 6.08. The van der Waals surface area contributed by atoms with Crippen molar-refractivity contribution in [2.75, 3.05) is 6.61 Å². The lowest BCUT2D eigenvalue weighted by Gasteiger charge is -2.24. The quantitative estimate of drug-likeness (QED) is 0.473. The van der Waals surface area contributed by atoms with Crippen LogP contribution in [0.25, 0.3) is 0 Å². The minimum absolute atomic E-state index is 0.0338. The van der Waals surface area contributed by atoms with Gasteiger partial charge in [-0.25, -0.2) is 5.43 Å². The summed E-state index contributed by atoms with van der Waals surface area (Å²) in [5.41, 5.74) is 2.23. The van der Waals surface area contributed by atoms with E-state index in [-0.39, 0.29) is 12.4 Å². The summed E-state index contributed by atoms with van der Waals surface area (Å²) in [4.78, 5) is 12.0. The van der Waals surface area contributed by atoms with Gasteiger partial charge >= 0.3 is 10.1 Å². The number of hydrazone groups is 1. The standard InChI is InChI=1S/C14H12N2O7S/c17-14(12-8-21-10-3-1-2-4-11(10)23-12)16-15-7-9-5-6-13(22-9)24(18,19)20/h1-7,12H,8H2,(H,16,17)(H,18,19,20)/b15-7+/t12-/m0/s1. The molecule has 0 radical (unpaired) electrons. The first-order chi connectivity index (χ1) is 11.4. The van der Waals surface area contributed by atoms with Crippen molar-refractivity contribution in [3.05, 3.63) is 42.2 Å². The summed E-state index contributed by atoms with van der Waals surface area (Å²) in [5.74, 6) is 0.506. The molecular weight excluding hydrogens is 340 g/mol. The molecule has 0 bridgehead atoms. The number of nitrogens with one attached hydrogen (secondary N) is 1. The van der Waals surface area contributed by atoms with Gasteiger partial charge in [0.1, 0.15) is 12.4 Å². The van der Waals surface area contributed by atoms with Crippen molar-refractivity contribution in [2.24, 2.45) is 5.10 Å². The molecule has 9 nitrogen and oxygen atoms in total. The van der Waals surface area contributed by atoms with Gasteiger partial charge in [0.2, 0.25) is 11.2 Å². The Labute approximate surface area is 136 Å². The van der Waals surface area contributed by atoms with Crippen molar-refractivity contribution in [1.82, 2.24) is 5.43 Å². The van der Waals surface area contributed by atoms with Gasteiger partial charge in [-0.05, 0) is 24.3 Å². The predicted octanol–water partition coefficient (Wildman–Crippen LogP) is 0.816. The molecular formula is C14H12N2O7S. The normalized spacial score (nSPS) is 17.0. The van der Waals surface area contributed by atoms with Crippen molar-refractivity contribution >= 4 is 22.2 Å². The Morgan fingerprint density at radius 2 is 2.00 bits per heavy atom. The van der Waals surface area contributed by atoms with Gasteiger partial charge in [-0.2, -0.15) is 13.5 Å². The van der Waals surface area contributed by atoms with Crippen LogP contribution in [0.1, 0.15) is 5.76 Å². The lowest BCUT2D eigenvalue weighted by molar-refractivity contribution is -0.130. The van der Waals surface area contributed by atoms with Crippen LogP contribution in [0, 0.1) is 0 Å². The minimum Gasteiger partial charge on any atom is -0.485 e. The first kappa shape index (κ1) is 16.0. The van der Waals surface area contributed by atoms with E-state index >= 15 is 0 Å². The second kappa shape index (κ2) is 6.34. The van der Waals surface area contributed by atoms with Crippen LogP contribution in [-0.4, -0.2) is 37.8 Å². The molecule has 24 heavy (non-hydrogen) atoms. The molecule has 0 fully saturated rings. The Bertz CT molecular complexity index is 888. The number of benzene rings is 1. The summed E-state index contributed by atoms with van der Waals surface area (Å²) in [5, 5.41) is 3.02. The molecule has 1 atom stereocenters. The average Bonchev–Trinajstić information content (AvgIpc) is 3.03. The van der Waals surface area contributed by atoms with Crippen molar-refractivity contribution in [1.29, 1.82) is 0 Å². The van der Waals surface area contributed by atoms with Crippen molar-refractivity contribution in [2.45, 2.75) is 11.2 Å². The third-order valence-electron chi connectivity index (χ3n) is 3.02. The molecule has 3 rings (SSSR count). The van der Waals surface area contributed by atoms with E-state index in [1.165, 1.54) is 6.07 Å². The molecule has 1 aromatic heterocycles. The topological polar surface area (TPSA) is 127 Å². The lowest BCUT2D eigenvalue weighted by atomic mass is 10.2. The van der Waals surface area contributed by atoms with E-state index in [2.05, 4.69) is 10.5 Å². The zero-order valence-corrected chi connectivity index (χ0v) is 12.9. The predicted molar refractivity (Wildman–Crippen MR) is 80.6 cm³/mol. The van der Waals surface area contributed by atoms with Gasteiger partial charge in [0.05, 0.1) is 6.21 Å². The second-order valence-electron chi connectivity index (χ2n) is 4.73. The highest BCUT2D eigenvalue weighted by Crippen LogP contribution is 2.30. The van der Waals surface area contributed by atoms with Crippen LogP contribution in [0.15, 0.2) is 51.0 Å². The number of fused-ring (bicyclic) bond motifs is 1. The monoisotopic (exact) mass is 352 g/mol. The maximum Gasteiger partial charge on any atom is 0.328 e. The van der Waals surface area contributed by atoms with E-state index in [9.17, 15) is 13.2 Å². The molecule has 2 heterocycles. The largest absolute Gasteiger partial charge is 0.485 e. The van der Waals surface area contributed by atoms with Crippen LogP contribution < -0.4 is 14.9 Å². The molecule has 126 valence electrons. The number of furan rings is 1. The molecule has 2 aromatic rings. The maximum atomic E-state index is 12.0. The molecule has 1 aliphatic rings. The maximum absolute atomic E-state index is 12.0. The fourth-order valence-electron chi connectivity index (χ4n) is 1.92. The molecule has 0 saturated heterocycles. The Morgan fingerprint density at radius 3 is 2.71 bits per heavy atom. The molecule has 10 heteroatoms. The molecule has 1 aromatic carbocycles. The summed E-state index contributed by atoms with van der Waals surface area (Å²) in [6.45, 7) is 0.0338. The van der Waals surface area contributed by atoms with Gasteiger partial charge in [0, 0.05) is 0 Å². The zero-order valence-electron chi connectivity index (χ0n) is 12.1. The van der Waals surface area contributed by atoms with Gasteiger partial charge in [-0.15, -0.1) is 0 Å². The molecule has 2 N–H and O–H groups in total. The number of para-hydroxylation sites is 2. The molecule has 1 aliphatic heterocycles. The molecule has 0 unspecified atom stereocenters. The third-order valence-corrected chi connectivity index (χ3v) is 3.75. The van der Waals surface area contributed by atoms with Gasteiger partial charge in [-0.1, -0.05) is 12.1 Å². The van der Waals surface area contributed by atoms with Crippen LogP contribution in [0.4, 0.5) is 0 Å². The van der Waals surface area contributed by atoms with Crippen LogP contribution in [0.2, 0.25) is 0 Å². The third kappa shape index (κ3) is 3.55. The number of ether oxygens (including phenoxy) is 2. The smallest absolute Gasteiger partial charge is 0.328 e.